The van der Waals surface area contributed by atoms with Crippen molar-refractivity contribution in [3.63, 3.8) is 0 Å². The molecule has 49 heavy (non-hydrogen) atoms. The first kappa shape index (κ1) is 34.1. The number of thiophene rings is 1. The third-order valence-corrected chi connectivity index (χ3v) is 10.2. The predicted molar refractivity (Wildman–Crippen MR) is 188 cm³/mol. The molecule has 4 heterocycles. The molecular weight excluding hydrogens is 650 g/mol. The van der Waals surface area contributed by atoms with Gasteiger partial charge in [-0.25, -0.2) is 9.97 Å². The van der Waals surface area contributed by atoms with E-state index in [4.69, 9.17) is 0 Å². The third-order valence-electron chi connectivity index (χ3n) is 9.14. The summed E-state index contributed by atoms with van der Waals surface area (Å²) >= 11 is 1.06. The summed E-state index contributed by atoms with van der Waals surface area (Å²) in [6.07, 6.45) is -0.861. The summed E-state index contributed by atoms with van der Waals surface area (Å²) in [4.78, 5) is 23.4. The fraction of sp³-hybridized carbons (Fsp3) is 0.333. The molecule has 3 N–H and O–H groups in total. The minimum absolute atomic E-state index is 0.0677. The monoisotopic (exact) mass is 686 g/mol. The second kappa shape index (κ2) is 14.4. The SMILES string of the molecule is C=CC(=O)Nc1ccc(C(Cn2c(C#N)cc3c(C)c(CN4CCC(Nc5ncnc6sc(CC(F)(F)F)cc56)CC4)ccc32)NC)cc1. The number of halogens is 3. The van der Waals surface area contributed by atoms with Crippen LogP contribution in [0.5, 0.6) is 0 Å². The van der Waals surface area contributed by atoms with Crippen LogP contribution in [0.3, 0.4) is 0 Å². The van der Waals surface area contributed by atoms with Crippen molar-refractivity contribution in [3.8, 4) is 6.07 Å². The fourth-order valence-corrected chi connectivity index (χ4v) is 7.52. The molecule has 1 atom stereocenters. The van der Waals surface area contributed by atoms with E-state index in [0.717, 1.165) is 65.8 Å². The topological polar surface area (TPSA) is 111 Å². The van der Waals surface area contributed by atoms with Crippen LogP contribution in [0.15, 0.2) is 67.5 Å². The van der Waals surface area contributed by atoms with E-state index < -0.39 is 12.6 Å². The van der Waals surface area contributed by atoms with Crippen molar-refractivity contribution in [2.75, 3.05) is 30.8 Å². The maximum Gasteiger partial charge on any atom is 0.393 e. The highest BCUT2D eigenvalue weighted by Gasteiger charge is 2.29. The molecule has 1 saturated heterocycles. The number of amides is 1. The van der Waals surface area contributed by atoms with Crippen LogP contribution in [-0.2, 0) is 24.3 Å². The highest BCUT2D eigenvalue weighted by atomic mass is 32.1. The van der Waals surface area contributed by atoms with Crippen LogP contribution in [0.4, 0.5) is 24.7 Å². The number of anilines is 2. The number of carbonyl (C=O) groups is 1. The van der Waals surface area contributed by atoms with E-state index in [1.807, 2.05) is 37.4 Å². The Kier molecular flexibility index (Phi) is 10.0. The first-order valence-corrected chi connectivity index (χ1v) is 16.9. The van der Waals surface area contributed by atoms with Crippen LogP contribution in [0.25, 0.3) is 21.1 Å². The van der Waals surface area contributed by atoms with Gasteiger partial charge in [0.25, 0.3) is 0 Å². The third kappa shape index (κ3) is 7.77. The van der Waals surface area contributed by atoms with Gasteiger partial charge < -0.3 is 20.5 Å². The van der Waals surface area contributed by atoms with Gasteiger partial charge in [-0.05, 0) is 79.9 Å². The van der Waals surface area contributed by atoms with Crippen molar-refractivity contribution in [2.45, 2.75) is 57.5 Å². The molecule has 0 radical (unpaired) electrons. The van der Waals surface area contributed by atoms with E-state index in [-0.39, 0.29) is 22.9 Å². The predicted octanol–water partition coefficient (Wildman–Crippen LogP) is 7.09. The van der Waals surface area contributed by atoms with Crippen molar-refractivity contribution < 1.29 is 18.0 Å². The van der Waals surface area contributed by atoms with Gasteiger partial charge in [0.15, 0.2) is 0 Å². The van der Waals surface area contributed by atoms with Crippen molar-refractivity contribution >= 4 is 49.9 Å². The van der Waals surface area contributed by atoms with Gasteiger partial charge in [-0.2, -0.15) is 18.4 Å². The summed E-state index contributed by atoms with van der Waals surface area (Å²) in [6.45, 7) is 8.64. The summed E-state index contributed by atoms with van der Waals surface area (Å²) in [5.41, 5.74) is 5.65. The summed E-state index contributed by atoms with van der Waals surface area (Å²) < 4.78 is 40.9. The number of nitrogens with one attached hydrogen (secondary N) is 3. The molecule has 3 aromatic heterocycles. The zero-order chi connectivity index (χ0) is 34.7. The number of piperidine rings is 1. The Labute approximate surface area is 286 Å². The number of hydrogen-bond donors (Lipinski definition) is 3. The lowest BCUT2D eigenvalue weighted by Gasteiger charge is -2.33. The summed E-state index contributed by atoms with van der Waals surface area (Å²) in [6, 6.07) is 17.9. The van der Waals surface area contributed by atoms with Crippen LogP contribution in [0, 0.1) is 18.3 Å². The quantitative estimate of drug-likeness (QED) is 0.127. The van der Waals surface area contributed by atoms with Gasteiger partial charge in [-0.3, -0.25) is 9.69 Å². The summed E-state index contributed by atoms with van der Waals surface area (Å²) in [5, 5.41) is 21.4. The second-order valence-electron chi connectivity index (χ2n) is 12.3. The Bertz CT molecular complexity index is 2020. The molecule has 5 aromatic rings. The number of fused-ring (bicyclic) bond motifs is 2. The average Bonchev–Trinajstić information content (AvgIpc) is 3.66. The zero-order valence-corrected chi connectivity index (χ0v) is 28.1. The van der Waals surface area contributed by atoms with Crippen LogP contribution in [0.2, 0.25) is 0 Å². The van der Waals surface area contributed by atoms with E-state index in [1.165, 1.54) is 18.0 Å². The molecule has 9 nitrogen and oxygen atoms in total. The standard InChI is InChI=1S/C36H37F3N8OS/c1-4-33(48)44-25-8-5-23(6-9-25)31(41-3)20-47-27(18-40)15-29-22(2)24(7-10-32(29)47)19-46-13-11-26(12-14-46)45-34-30-16-28(17-36(37,38)39)49-35(30)43-21-42-34/h4-10,15-16,21,26,31,41H,1,11-14,17,19-20H2,2-3H3,(H,44,48)(H,42,43,45). The van der Waals surface area contributed by atoms with E-state index in [0.29, 0.717) is 34.0 Å². The number of hydrogen-bond acceptors (Lipinski definition) is 8. The van der Waals surface area contributed by atoms with Gasteiger partial charge in [-0.15, -0.1) is 11.3 Å². The van der Waals surface area contributed by atoms with E-state index in [1.54, 1.807) is 6.07 Å². The number of aromatic nitrogens is 3. The number of nitrogens with zero attached hydrogens (tertiary/aromatic N) is 5. The molecule has 0 bridgehead atoms. The Balaban J connectivity index is 1.11. The molecule has 1 amide bonds. The Morgan fingerprint density at radius 3 is 2.57 bits per heavy atom. The van der Waals surface area contributed by atoms with Crippen molar-refractivity contribution in [1.82, 2.24) is 24.8 Å². The molecule has 0 aliphatic carbocycles. The number of alkyl halides is 3. The van der Waals surface area contributed by atoms with Gasteiger partial charge in [-0.1, -0.05) is 24.8 Å². The van der Waals surface area contributed by atoms with Crippen LogP contribution >= 0.6 is 11.3 Å². The summed E-state index contributed by atoms with van der Waals surface area (Å²) in [7, 11) is 1.89. The maximum atomic E-state index is 13.0. The molecule has 13 heteroatoms. The lowest BCUT2D eigenvalue weighted by Crippen LogP contribution is -2.39. The van der Waals surface area contributed by atoms with Crippen molar-refractivity contribution in [3.05, 3.63) is 94.8 Å². The molecule has 6 rings (SSSR count). The Hall–Kier alpha value is -4.77. The highest BCUT2D eigenvalue weighted by molar-refractivity contribution is 7.18. The van der Waals surface area contributed by atoms with Gasteiger partial charge in [0.2, 0.25) is 5.91 Å². The first-order valence-electron chi connectivity index (χ1n) is 16.1. The number of likely N-dealkylation sites (tertiary alicyclic amines) is 1. The Morgan fingerprint density at radius 1 is 1.14 bits per heavy atom. The molecule has 1 fully saturated rings. The highest BCUT2D eigenvalue weighted by Crippen LogP contribution is 2.34. The first-order chi connectivity index (χ1) is 23.5. The smallest absolute Gasteiger partial charge is 0.367 e. The second-order valence-corrected chi connectivity index (χ2v) is 13.4. The molecule has 1 aliphatic heterocycles. The molecular formula is C36H37F3N8OS. The number of likely N-dealkylation sites (N-methyl/N-ethyl adjacent to an activating group) is 1. The van der Waals surface area contributed by atoms with Gasteiger partial charge >= 0.3 is 6.18 Å². The van der Waals surface area contributed by atoms with E-state index in [9.17, 15) is 23.2 Å². The number of rotatable bonds is 11. The zero-order valence-electron chi connectivity index (χ0n) is 27.3. The average molecular weight is 687 g/mol. The van der Waals surface area contributed by atoms with E-state index >= 15 is 0 Å². The number of nitriles is 1. The molecule has 1 aliphatic rings. The van der Waals surface area contributed by atoms with Crippen molar-refractivity contribution in [1.29, 1.82) is 5.26 Å². The lowest BCUT2D eigenvalue weighted by atomic mass is 10.0. The number of benzene rings is 2. The largest absolute Gasteiger partial charge is 0.393 e. The Morgan fingerprint density at radius 2 is 1.90 bits per heavy atom. The van der Waals surface area contributed by atoms with E-state index in [2.05, 4.69) is 67.1 Å². The molecule has 0 saturated carbocycles. The minimum atomic E-state index is -4.27. The van der Waals surface area contributed by atoms with Crippen LogP contribution in [-0.4, -0.2) is 57.7 Å². The maximum absolute atomic E-state index is 13.0. The minimum Gasteiger partial charge on any atom is -0.367 e. The normalized spacial score (nSPS) is 14.9. The van der Waals surface area contributed by atoms with Crippen molar-refractivity contribution in [2.24, 2.45) is 0 Å². The number of carbonyl (C=O) groups excluding carboxylic acids is 1. The molecule has 0 spiro atoms. The van der Waals surface area contributed by atoms with Crippen LogP contribution < -0.4 is 16.0 Å². The lowest BCUT2D eigenvalue weighted by molar-refractivity contribution is -0.126. The van der Waals surface area contributed by atoms with Gasteiger partial charge in [0, 0.05) is 59.7 Å². The van der Waals surface area contributed by atoms with Gasteiger partial charge in [0.1, 0.15) is 28.7 Å². The summed E-state index contributed by atoms with van der Waals surface area (Å²) in [5.74, 6) is 0.318. The molecule has 2 aromatic carbocycles. The number of aryl methyl sites for hydroxylation is 1. The molecule has 1 unspecified atom stereocenters. The molecule has 254 valence electrons. The van der Waals surface area contributed by atoms with Gasteiger partial charge in [0.05, 0.1) is 11.8 Å². The fourth-order valence-electron chi connectivity index (χ4n) is 6.49. The van der Waals surface area contributed by atoms with Crippen LogP contribution in [0.1, 0.15) is 46.1 Å².